The van der Waals surface area contributed by atoms with Gasteiger partial charge in [0.1, 0.15) is 11.0 Å². The van der Waals surface area contributed by atoms with Gasteiger partial charge in [0.2, 0.25) is 15.9 Å². The van der Waals surface area contributed by atoms with E-state index in [1.807, 2.05) is 6.07 Å². The first kappa shape index (κ1) is 25.2. The molecule has 0 unspecified atom stereocenters. The predicted molar refractivity (Wildman–Crippen MR) is 123 cm³/mol. The topological polar surface area (TPSA) is 109 Å². The minimum Gasteiger partial charge on any atom is -0.493 e. The van der Waals surface area contributed by atoms with Crippen LogP contribution >= 0.6 is 11.6 Å². The Morgan fingerprint density at radius 2 is 1.91 bits per heavy atom. The number of carbonyl (C=O) groups excluding carboxylic acids is 1. The van der Waals surface area contributed by atoms with Gasteiger partial charge < -0.3 is 14.8 Å². The SMILES string of the molecule is CCN(CC)S(=O)(=O)c1cc(NC(=O)/C=C/c2ccc(OCC#N)c(OC)c2)ccc1Cl. The zero-order valence-electron chi connectivity index (χ0n) is 18.0. The van der Waals surface area contributed by atoms with Crippen molar-refractivity contribution >= 4 is 39.3 Å². The van der Waals surface area contributed by atoms with E-state index in [2.05, 4.69) is 5.32 Å². The molecular weight excluding hydrogens is 454 g/mol. The number of methoxy groups -OCH3 is 1. The lowest BCUT2D eigenvalue weighted by Gasteiger charge is -2.19. The highest BCUT2D eigenvalue weighted by Gasteiger charge is 2.24. The average Bonchev–Trinajstić information content (AvgIpc) is 2.78. The zero-order valence-corrected chi connectivity index (χ0v) is 19.5. The second-order valence-electron chi connectivity index (χ2n) is 6.41. The van der Waals surface area contributed by atoms with Crippen LogP contribution in [-0.4, -0.2) is 45.4 Å². The monoisotopic (exact) mass is 477 g/mol. The number of ether oxygens (including phenoxy) is 2. The summed E-state index contributed by atoms with van der Waals surface area (Å²) in [4.78, 5) is 12.3. The van der Waals surface area contributed by atoms with Gasteiger partial charge in [-0.15, -0.1) is 0 Å². The number of carbonyl (C=O) groups is 1. The van der Waals surface area contributed by atoms with Crippen molar-refractivity contribution < 1.29 is 22.7 Å². The molecule has 10 heteroatoms. The molecule has 0 aliphatic heterocycles. The van der Waals surface area contributed by atoms with E-state index in [9.17, 15) is 13.2 Å². The lowest BCUT2D eigenvalue weighted by Crippen LogP contribution is -2.30. The van der Waals surface area contributed by atoms with Gasteiger partial charge in [0.25, 0.3) is 0 Å². The number of benzene rings is 2. The molecule has 0 aliphatic carbocycles. The molecule has 0 aliphatic rings. The van der Waals surface area contributed by atoms with Crippen LogP contribution in [0.15, 0.2) is 47.4 Å². The third kappa shape index (κ3) is 6.23. The molecule has 0 spiro atoms. The van der Waals surface area contributed by atoms with Crippen LogP contribution in [0.25, 0.3) is 6.08 Å². The number of hydrogen-bond acceptors (Lipinski definition) is 6. The second kappa shape index (κ2) is 11.5. The van der Waals surface area contributed by atoms with Crippen LogP contribution in [0, 0.1) is 11.3 Å². The lowest BCUT2D eigenvalue weighted by molar-refractivity contribution is -0.111. The van der Waals surface area contributed by atoms with Crippen molar-refractivity contribution in [1.29, 1.82) is 5.26 Å². The minimum atomic E-state index is -3.78. The molecule has 1 amide bonds. The summed E-state index contributed by atoms with van der Waals surface area (Å²) in [6.07, 6.45) is 2.87. The molecule has 0 radical (unpaired) electrons. The van der Waals surface area contributed by atoms with E-state index in [0.29, 0.717) is 35.8 Å². The molecule has 0 saturated carbocycles. The molecule has 0 saturated heterocycles. The molecule has 32 heavy (non-hydrogen) atoms. The molecule has 0 heterocycles. The Kier molecular flexibility index (Phi) is 9.08. The van der Waals surface area contributed by atoms with E-state index in [4.69, 9.17) is 26.3 Å². The maximum atomic E-state index is 12.8. The zero-order chi connectivity index (χ0) is 23.7. The van der Waals surface area contributed by atoms with Crippen LogP contribution in [0.4, 0.5) is 5.69 Å². The number of amides is 1. The molecule has 1 N–H and O–H groups in total. The highest BCUT2D eigenvalue weighted by atomic mass is 35.5. The van der Waals surface area contributed by atoms with Gasteiger partial charge in [0.05, 0.1) is 12.1 Å². The summed E-state index contributed by atoms with van der Waals surface area (Å²) in [5.41, 5.74) is 0.967. The van der Waals surface area contributed by atoms with Crippen molar-refractivity contribution in [1.82, 2.24) is 4.31 Å². The molecule has 8 nitrogen and oxygen atoms in total. The first-order valence-corrected chi connectivity index (χ1v) is 11.5. The largest absolute Gasteiger partial charge is 0.493 e. The van der Waals surface area contributed by atoms with Crippen LogP contribution in [0.5, 0.6) is 11.5 Å². The number of halogens is 1. The smallest absolute Gasteiger partial charge is 0.248 e. The third-order valence-corrected chi connectivity index (χ3v) is 6.96. The summed E-state index contributed by atoms with van der Waals surface area (Å²) >= 11 is 6.12. The Morgan fingerprint density at radius 1 is 1.19 bits per heavy atom. The molecule has 2 rings (SSSR count). The molecule has 2 aromatic rings. The quantitative estimate of drug-likeness (QED) is 0.519. The maximum Gasteiger partial charge on any atom is 0.248 e. The van der Waals surface area contributed by atoms with E-state index < -0.39 is 15.9 Å². The van der Waals surface area contributed by atoms with E-state index in [1.54, 1.807) is 38.1 Å². The van der Waals surface area contributed by atoms with Crippen molar-refractivity contribution in [3.05, 3.63) is 53.1 Å². The summed E-state index contributed by atoms with van der Waals surface area (Å²) < 4.78 is 37.4. The number of nitriles is 1. The van der Waals surface area contributed by atoms with E-state index in [0.717, 1.165) is 0 Å². The maximum absolute atomic E-state index is 12.8. The Labute approximate surface area is 193 Å². The van der Waals surface area contributed by atoms with Gasteiger partial charge in [-0.25, -0.2) is 8.42 Å². The molecule has 0 bridgehead atoms. The predicted octanol–water partition coefficient (Wildman–Crippen LogP) is 3.93. The van der Waals surface area contributed by atoms with Crippen LogP contribution in [0.3, 0.4) is 0 Å². The van der Waals surface area contributed by atoms with Gasteiger partial charge in [0, 0.05) is 24.9 Å². The number of anilines is 1. The molecule has 170 valence electrons. The molecule has 2 aromatic carbocycles. The van der Waals surface area contributed by atoms with Crippen molar-refractivity contribution in [3.63, 3.8) is 0 Å². The van der Waals surface area contributed by atoms with E-state index >= 15 is 0 Å². The van der Waals surface area contributed by atoms with E-state index in [-0.39, 0.29) is 16.5 Å². The Morgan fingerprint density at radius 3 is 2.53 bits per heavy atom. The van der Waals surface area contributed by atoms with E-state index in [1.165, 1.54) is 35.7 Å². The fraction of sp³-hybridized carbons (Fsp3) is 0.273. The van der Waals surface area contributed by atoms with Gasteiger partial charge >= 0.3 is 0 Å². The van der Waals surface area contributed by atoms with Gasteiger partial charge in [-0.3, -0.25) is 4.79 Å². The van der Waals surface area contributed by atoms with Crippen LogP contribution in [0.2, 0.25) is 5.02 Å². The van der Waals surface area contributed by atoms with Crippen molar-refractivity contribution in [3.8, 4) is 17.6 Å². The molecule has 0 aromatic heterocycles. The Hall–Kier alpha value is -3.06. The van der Waals surface area contributed by atoms with Gasteiger partial charge in [-0.05, 0) is 42.0 Å². The van der Waals surface area contributed by atoms with Crippen LogP contribution < -0.4 is 14.8 Å². The standard InChI is InChI=1S/C22H24ClN3O5S/c1-4-26(5-2)32(28,29)21-15-17(8-9-18(21)23)25-22(27)11-7-16-6-10-19(31-13-12-24)20(14-16)30-3/h6-11,14-15H,4-5,13H2,1-3H3,(H,25,27)/b11-7+. The molecule has 0 fully saturated rings. The van der Waals surface area contributed by atoms with Crippen LogP contribution in [-0.2, 0) is 14.8 Å². The third-order valence-electron chi connectivity index (χ3n) is 4.43. The summed E-state index contributed by atoms with van der Waals surface area (Å²) in [6, 6.07) is 11.2. The van der Waals surface area contributed by atoms with Gasteiger partial charge in [-0.1, -0.05) is 31.5 Å². The summed E-state index contributed by atoms with van der Waals surface area (Å²) in [5, 5.41) is 11.3. The highest BCUT2D eigenvalue weighted by molar-refractivity contribution is 7.89. The molecule has 0 atom stereocenters. The normalized spacial score (nSPS) is 11.4. The van der Waals surface area contributed by atoms with Crippen molar-refractivity contribution in [2.24, 2.45) is 0 Å². The number of rotatable bonds is 10. The Bertz CT molecular complexity index is 1140. The minimum absolute atomic E-state index is 0.0673. The van der Waals surface area contributed by atoms with Gasteiger partial charge in [-0.2, -0.15) is 9.57 Å². The van der Waals surface area contributed by atoms with Crippen LogP contribution in [0.1, 0.15) is 19.4 Å². The number of hydrogen-bond donors (Lipinski definition) is 1. The Balaban J connectivity index is 2.18. The first-order valence-electron chi connectivity index (χ1n) is 9.73. The summed E-state index contributed by atoms with van der Waals surface area (Å²) in [7, 11) is -2.31. The highest BCUT2D eigenvalue weighted by Crippen LogP contribution is 2.29. The van der Waals surface area contributed by atoms with Crippen molar-refractivity contribution in [2.75, 3.05) is 32.1 Å². The first-order chi connectivity index (χ1) is 15.3. The number of nitrogens with one attached hydrogen (secondary N) is 1. The number of sulfonamides is 1. The summed E-state index contributed by atoms with van der Waals surface area (Å²) in [6.45, 7) is 3.97. The second-order valence-corrected chi connectivity index (χ2v) is 8.73. The fourth-order valence-electron chi connectivity index (χ4n) is 2.85. The fourth-order valence-corrected chi connectivity index (χ4v) is 4.81. The lowest BCUT2D eigenvalue weighted by atomic mass is 10.2. The van der Waals surface area contributed by atoms with Gasteiger partial charge in [0.15, 0.2) is 18.1 Å². The molecular formula is C22H24ClN3O5S. The number of nitrogens with zero attached hydrogens (tertiary/aromatic N) is 2. The average molecular weight is 478 g/mol. The van der Waals surface area contributed by atoms with Crippen molar-refractivity contribution in [2.45, 2.75) is 18.7 Å². The summed E-state index contributed by atoms with van der Waals surface area (Å²) in [5.74, 6) is 0.382.